The van der Waals surface area contributed by atoms with Gasteiger partial charge in [0.1, 0.15) is 0 Å². The molecule has 2 aromatic rings. The highest BCUT2D eigenvalue weighted by Gasteiger charge is 2.50. The normalized spacial score (nSPS) is 19.6. The first-order chi connectivity index (χ1) is 9.45. The number of nitrogens with zero attached hydrogens (tertiary/aromatic N) is 1. The minimum absolute atomic E-state index is 0.0727. The second-order valence-corrected chi connectivity index (χ2v) is 6.76. The SMILES string of the molecule is CC1(C)CC1C(=O)Nc1nc(-c2cccc(N)c2)cs1. The summed E-state index contributed by atoms with van der Waals surface area (Å²) in [7, 11) is 0. The number of nitrogen functional groups attached to an aromatic ring is 1. The quantitative estimate of drug-likeness (QED) is 0.850. The highest BCUT2D eigenvalue weighted by atomic mass is 32.1. The van der Waals surface area contributed by atoms with Crippen LogP contribution in [-0.2, 0) is 4.79 Å². The average Bonchev–Trinajstić information content (AvgIpc) is 2.83. The molecule has 0 bridgehead atoms. The van der Waals surface area contributed by atoms with Gasteiger partial charge in [-0.15, -0.1) is 11.3 Å². The van der Waals surface area contributed by atoms with Crippen molar-refractivity contribution < 1.29 is 4.79 Å². The number of thiazole rings is 1. The third-order valence-electron chi connectivity index (χ3n) is 3.75. The number of nitrogens with two attached hydrogens (primary N) is 1. The molecule has 1 amide bonds. The fraction of sp³-hybridized carbons (Fsp3) is 0.333. The molecule has 1 saturated carbocycles. The number of hydrogen-bond acceptors (Lipinski definition) is 4. The smallest absolute Gasteiger partial charge is 0.229 e. The Morgan fingerprint density at radius 3 is 2.90 bits per heavy atom. The Hall–Kier alpha value is -1.88. The van der Waals surface area contributed by atoms with Gasteiger partial charge in [0.05, 0.1) is 5.69 Å². The number of anilines is 2. The molecular formula is C15H17N3OS. The Balaban J connectivity index is 1.73. The van der Waals surface area contributed by atoms with E-state index < -0.39 is 0 Å². The van der Waals surface area contributed by atoms with Crippen LogP contribution in [0.5, 0.6) is 0 Å². The van der Waals surface area contributed by atoms with Gasteiger partial charge in [-0.25, -0.2) is 4.98 Å². The van der Waals surface area contributed by atoms with Gasteiger partial charge in [-0.3, -0.25) is 4.79 Å². The van der Waals surface area contributed by atoms with Crippen LogP contribution in [0.2, 0.25) is 0 Å². The van der Waals surface area contributed by atoms with E-state index in [9.17, 15) is 4.79 Å². The van der Waals surface area contributed by atoms with E-state index in [0.29, 0.717) is 10.8 Å². The van der Waals surface area contributed by atoms with E-state index in [1.165, 1.54) is 11.3 Å². The van der Waals surface area contributed by atoms with Crippen LogP contribution in [0.25, 0.3) is 11.3 Å². The molecule has 4 nitrogen and oxygen atoms in total. The maximum atomic E-state index is 12.0. The standard InChI is InChI=1S/C15H17N3OS/c1-15(2)7-11(15)13(19)18-14-17-12(8-20-14)9-4-3-5-10(16)6-9/h3-6,8,11H,7,16H2,1-2H3,(H,17,18,19). The Morgan fingerprint density at radius 2 is 2.25 bits per heavy atom. The lowest BCUT2D eigenvalue weighted by Gasteiger charge is -2.03. The predicted molar refractivity (Wildman–Crippen MR) is 82.5 cm³/mol. The molecule has 1 aliphatic rings. The molecule has 3 rings (SSSR count). The zero-order valence-corrected chi connectivity index (χ0v) is 12.3. The molecule has 5 heteroatoms. The lowest BCUT2D eigenvalue weighted by atomic mass is 10.1. The monoisotopic (exact) mass is 287 g/mol. The fourth-order valence-electron chi connectivity index (χ4n) is 2.27. The van der Waals surface area contributed by atoms with Crippen molar-refractivity contribution >= 4 is 28.1 Å². The van der Waals surface area contributed by atoms with Crippen molar-refractivity contribution in [2.75, 3.05) is 11.1 Å². The van der Waals surface area contributed by atoms with Gasteiger partial charge in [-0.05, 0) is 24.0 Å². The number of nitrogens with one attached hydrogen (secondary N) is 1. The molecule has 0 aliphatic heterocycles. The number of carbonyl (C=O) groups is 1. The molecule has 1 aromatic heterocycles. The lowest BCUT2D eigenvalue weighted by molar-refractivity contribution is -0.117. The van der Waals surface area contributed by atoms with Gasteiger partial charge < -0.3 is 11.1 Å². The Labute approximate surface area is 122 Å². The molecule has 0 radical (unpaired) electrons. The van der Waals surface area contributed by atoms with E-state index in [2.05, 4.69) is 24.1 Å². The number of hydrogen-bond donors (Lipinski definition) is 2. The number of aromatic nitrogens is 1. The van der Waals surface area contributed by atoms with E-state index in [4.69, 9.17) is 5.73 Å². The average molecular weight is 287 g/mol. The predicted octanol–water partition coefficient (Wildman–Crippen LogP) is 3.38. The molecular weight excluding hydrogens is 270 g/mol. The summed E-state index contributed by atoms with van der Waals surface area (Å²) in [4.78, 5) is 16.5. The number of carbonyl (C=O) groups excluding carboxylic acids is 1. The third kappa shape index (κ3) is 2.54. The molecule has 1 aliphatic carbocycles. The maximum absolute atomic E-state index is 12.0. The van der Waals surface area contributed by atoms with Crippen LogP contribution in [0.4, 0.5) is 10.8 Å². The van der Waals surface area contributed by atoms with Crippen molar-refractivity contribution in [1.29, 1.82) is 0 Å². The minimum atomic E-state index is 0.0727. The molecule has 1 heterocycles. The van der Waals surface area contributed by atoms with Crippen molar-refractivity contribution in [2.45, 2.75) is 20.3 Å². The van der Waals surface area contributed by atoms with E-state index in [0.717, 1.165) is 17.7 Å². The van der Waals surface area contributed by atoms with Gasteiger partial charge in [-0.2, -0.15) is 0 Å². The van der Waals surface area contributed by atoms with Crippen LogP contribution >= 0.6 is 11.3 Å². The van der Waals surface area contributed by atoms with E-state index >= 15 is 0 Å². The second kappa shape index (κ2) is 4.59. The Kier molecular flexibility index (Phi) is 3.01. The lowest BCUT2D eigenvalue weighted by Crippen LogP contribution is -2.16. The minimum Gasteiger partial charge on any atom is -0.399 e. The van der Waals surface area contributed by atoms with Crippen LogP contribution in [0.1, 0.15) is 20.3 Å². The second-order valence-electron chi connectivity index (χ2n) is 5.90. The topological polar surface area (TPSA) is 68.0 Å². The molecule has 20 heavy (non-hydrogen) atoms. The van der Waals surface area contributed by atoms with Crippen molar-refractivity contribution in [3.63, 3.8) is 0 Å². The van der Waals surface area contributed by atoms with Crippen LogP contribution in [0.15, 0.2) is 29.6 Å². The van der Waals surface area contributed by atoms with E-state index in [-0.39, 0.29) is 17.2 Å². The maximum Gasteiger partial charge on any atom is 0.229 e. The van der Waals surface area contributed by atoms with Crippen molar-refractivity contribution in [3.05, 3.63) is 29.6 Å². The highest BCUT2D eigenvalue weighted by Crippen LogP contribution is 2.52. The molecule has 104 valence electrons. The summed E-state index contributed by atoms with van der Waals surface area (Å²) in [5.74, 6) is 0.186. The summed E-state index contributed by atoms with van der Waals surface area (Å²) in [6.45, 7) is 4.22. The molecule has 0 saturated heterocycles. The largest absolute Gasteiger partial charge is 0.399 e. The number of rotatable bonds is 3. The van der Waals surface area contributed by atoms with Crippen LogP contribution in [0, 0.1) is 11.3 Å². The van der Waals surface area contributed by atoms with Gasteiger partial charge in [0.25, 0.3) is 0 Å². The Morgan fingerprint density at radius 1 is 1.50 bits per heavy atom. The first-order valence-corrected chi connectivity index (χ1v) is 7.46. The molecule has 1 atom stereocenters. The van der Waals surface area contributed by atoms with Gasteiger partial charge >= 0.3 is 0 Å². The zero-order chi connectivity index (χ0) is 14.3. The molecule has 1 unspecified atom stereocenters. The van der Waals surface area contributed by atoms with Crippen molar-refractivity contribution in [1.82, 2.24) is 4.98 Å². The summed E-state index contributed by atoms with van der Waals surface area (Å²) in [6, 6.07) is 7.58. The van der Waals surface area contributed by atoms with Gasteiger partial charge in [0.2, 0.25) is 5.91 Å². The first kappa shape index (κ1) is 13.1. The molecule has 1 fully saturated rings. The number of benzene rings is 1. The van der Waals surface area contributed by atoms with Crippen molar-refractivity contribution in [2.24, 2.45) is 11.3 Å². The molecule has 0 spiro atoms. The molecule has 3 N–H and O–H groups in total. The first-order valence-electron chi connectivity index (χ1n) is 6.58. The van der Waals surface area contributed by atoms with E-state index in [1.54, 1.807) is 0 Å². The summed E-state index contributed by atoms with van der Waals surface area (Å²) < 4.78 is 0. The van der Waals surface area contributed by atoms with Crippen LogP contribution < -0.4 is 11.1 Å². The summed E-state index contributed by atoms with van der Waals surface area (Å²) in [6.07, 6.45) is 0.951. The summed E-state index contributed by atoms with van der Waals surface area (Å²) in [5.41, 5.74) is 8.42. The zero-order valence-electron chi connectivity index (χ0n) is 11.5. The van der Waals surface area contributed by atoms with E-state index in [1.807, 2.05) is 29.6 Å². The van der Waals surface area contributed by atoms with Gasteiger partial charge in [-0.1, -0.05) is 26.0 Å². The van der Waals surface area contributed by atoms with Gasteiger partial charge in [0, 0.05) is 22.5 Å². The van der Waals surface area contributed by atoms with Crippen LogP contribution in [0.3, 0.4) is 0 Å². The number of amides is 1. The van der Waals surface area contributed by atoms with Crippen LogP contribution in [-0.4, -0.2) is 10.9 Å². The Bertz CT molecular complexity index is 663. The highest BCUT2D eigenvalue weighted by molar-refractivity contribution is 7.14. The summed E-state index contributed by atoms with van der Waals surface area (Å²) in [5, 5.41) is 5.48. The summed E-state index contributed by atoms with van der Waals surface area (Å²) >= 11 is 1.44. The molecule has 1 aromatic carbocycles. The van der Waals surface area contributed by atoms with Gasteiger partial charge in [0.15, 0.2) is 5.13 Å². The van der Waals surface area contributed by atoms with Crippen molar-refractivity contribution in [3.8, 4) is 11.3 Å². The third-order valence-corrected chi connectivity index (χ3v) is 4.50. The fourth-order valence-corrected chi connectivity index (χ4v) is 2.99.